The van der Waals surface area contributed by atoms with E-state index in [1.54, 1.807) is 0 Å². The summed E-state index contributed by atoms with van der Waals surface area (Å²) in [6.45, 7) is 9.16. The molecule has 0 heterocycles. The van der Waals surface area contributed by atoms with E-state index in [-0.39, 0.29) is 5.97 Å². The molecule has 0 aliphatic rings. The maximum absolute atomic E-state index is 10.6. The molecule has 0 aliphatic carbocycles. The number of hydrogen-bond acceptors (Lipinski definition) is 2. The molecule has 1 radical (unpaired) electrons. The summed E-state index contributed by atoms with van der Waals surface area (Å²) in [6.07, 6.45) is 2.99. The van der Waals surface area contributed by atoms with Crippen LogP contribution in [0.1, 0.15) is 40.0 Å². The van der Waals surface area contributed by atoms with Gasteiger partial charge < -0.3 is 4.74 Å². The number of esters is 1. The third-order valence-corrected chi connectivity index (χ3v) is 1.45. The highest BCUT2D eigenvalue weighted by molar-refractivity contribution is 5.66. The van der Waals surface area contributed by atoms with Crippen LogP contribution in [-0.4, -0.2) is 11.6 Å². The van der Waals surface area contributed by atoms with Crippen LogP contribution >= 0.6 is 0 Å². The maximum Gasteiger partial charge on any atom is 0.303 e. The molecule has 0 saturated heterocycles. The standard InChI is InChI=1S/C9H17O2/c1-5-6-7-9(3,4)11-8(2)10/h3,5-7H2,1-2,4H3. The topological polar surface area (TPSA) is 26.3 Å². The molecule has 0 aromatic rings. The van der Waals surface area contributed by atoms with Crippen LogP contribution < -0.4 is 0 Å². The van der Waals surface area contributed by atoms with Gasteiger partial charge in [-0.2, -0.15) is 0 Å². The third kappa shape index (κ3) is 5.89. The van der Waals surface area contributed by atoms with Crippen molar-refractivity contribution in [2.75, 3.05) is 0 Å². The summed E-state index contributed by atoms with van der Waals surface area (Å²) in [7, 11) is 0. The van der Waals surface area contributed by atoms with Gasteiger partial charge in [0.05, 0.1) is 0 Å². The first-order valence-electron chi connectivity index (χ1n) is 4.03. The number of hydrogen-bond donors (Lipinski definition) is 0. The van der Waals surface area contributed by atoms with Gasteiger partial charge in [0.15, 0.2) is 0 Å². The lowest BCUT2D eigenvalue weighted by Crippen LogP contribution is -2.26. The van der Waals surface area contributed by atoms with Crippen LogP contribution in [-0.2, 0) is 9.53 Å². The second-order valence-corrected chi connectivity index (χ2v) is 3.15. The molecule has 0 aromatic heterocycles. The number of rotatable bonds is 4. The van der Waals surface area contributed by atoms with Crippen LogP contribution in [0.4, 0.5) is 0 Å². The summed E-state index contributed by atoms with van der Waals surface area (Å²) in [5.41, 5.74) is -0.526. The molecule has 0 fully saturated rings. The second kappa shape index (κ2) is 4.37. The number of carbonyl (C=O) groups excluding carboxylic acids is 1. The van der Waals surface area contributed by atoms with E-state index in [0.29, 0.717) is 0 Å². The average molecular weight is 157 g/mol. The molecule has 65 valence electrons. The second-order valence-electron chi connectivity index (χ2n) is 3.15. The largest absolute Gasteiger partial charge is 0.460 e. The lowest BCUT2D eigenvalue weighted by molar-refractivity contribution is -0.151. The zero-order valence-electron chi connectivity index (χ0n) is 7.64. The minimum atomic E-state index is -0.526. The van der Waals surface area contributed by atoms with Crippen molar-refractivity contribution in [2.45, 2.75) is 45.6 Å². The zero-order valence-corrected chi connectivity index (χ0v) is 7.64. The van der Waals surface area contributed by atoms with Gasteiger partial charge in [-0.25, -0.2) is 0 Å². The quantitative estimate of drug-likeness (QED) is 0.585. The van der Waals surface area contributed by atoms with Crippen LogP contribution in [0.2, 0.25) is 0 Å². The Hall–Kier alpha value is -0.530. The molecule has 0 aromatic carbocycles. The van der Waals surface area contributed by atoms with E-state index >= 15 is 0 Å². The normalized spacial score (nSPS) is 11.3. The van der Waals surface area contributed by atoms with Crippen molar-refractivity contribution >= 4 is 5.97 Å². The summed E-state index contributed by atoms with van der Waals surface area (Å²) in [4.78, 5) is 10.6. The van der Waals surface area contributed by atoms with Crippen molar-refractivity contribution in [1.29, 1.82) is 0 Å². The number of carbonyl (C=O) groups is 1. The average Bonchev–Trinajstić information content (AvgIpc) is 1.81. The monoisotopic (exact) mass is 157 g/mol. The van der Waals surface area contributed by atoms with Crippen LogP contribution in [0.15, 0.2) is 0 Å². The maximum atomic E-state index is 10.6. The molecule has 1 unspecified atom stereocenters. The number of ether oxygens (including phenoxy) is 1. The summed E-state index contributed by atoms with van der Waals surface area (Å²) >= 11 is 0. The smallest absolute Gasteiger partial charge is 0.303 e. The Balaban J connectivity index is 3.70. The molecule has 1 atom stereocenters. The zero-order chi connectivity index (χ0) is 8.91. The Morgan fingerprint density at radius 3 is 2.55 bits per heavy atom. The predicted octanol–water partition coefficient (Wildman–Crippen LogP) is 2.33. The van der Waals surface area contributed by atoms with E-state index in [9.17, 15) is 4.79 Å². The van der Waals surface area contributed by atoms with Gasteiger partial charge in [-0.15, -0.1) is 0 Å². The van der Waals surface area contributed by atoms with Gasteiger partial charge in [0.1, 0.15) is 5.60 Å². The van der Waals surface area contributed by atoms with E-state index in [1.807, 2.05) is 6.92 Å². The fraction of sp³-hybridized carbons (Fsp3) is 0.778. The van der Waals surface area contributed by atoms with E-state index < -0.39 is 5.60 Å². The summed E-state index contributed by atoms with van der Waals surface area (Å²) in [5, 5.41) is 0. The summed E-state index contributed by atoms with van der Waals surface area (Å²) < 4.78 is 4.99. The van der Waals surface area contributed by atoms with E-state index in [1.165, 1.54) is 6.92 Å². The van der Waals surface area contributed by atoms with Crippen LogP contribution in [0.3, 0.4) is 0 Å². The van der Waals surface area contributed by atoms with Crippen molar-refractivity contribution in [3.8, 4) is 0 Å². The van der Waals surface area contributed by atoms with E-state index in [2.05, 4.69) is 13.8 Å². The lowest BCUT2D eigenvalue weighted by atomic mass is 10.0. The molecule has 0 amide bonds. The van der Waals surface area contributed by atoms with Gasteiger partial charge >= 0.3 is 5.97 Å². The fourth-order valence-corrected chi connectivity index (χ4v) is 0.949. The molecular formula is C9H17O2. The van der Waals surface area contributed by atoms with Gasteiger partial charge in [0, 0.05) is 6.92 Å². The van der Waals surface area contributed by atoms with E-state index in [0.717, 1.165) is 19.3 Å². The molecule has 2 nitrogen and oxygen atoms in total. The van der Waals surface area contributed by atoms with Gasteiger partial charge in [-0.1, -0.05) is 13.3 Å². The van der Waals surface area contributed by atoms with Crippen molar-refractivity contribution in [3.63, 3.8) is 0 Å². The molecule has 2 heteroatoms. The Labute approximate surface area is 68.9 Å². The number of unbranched alkanes of at least 4 members (excludes halogenated alkanes) is 1. The van der Waals surface area contributed by atoms with Gasteiger partial charge in [-0.3, -0.25) is 4.79 Å². The first-order valence-corrected chi connectivity index (χ1v) is 4.03. The molecule has 0 saturated carbocycles. The molecule has 0 bridgehead atoms. The SMILES string of the molecule is [CH2]C(C)(CCCC)OC(C)=O. The van der Waals surface area contributed by atoms with Crippen LogP contribution in [0, 0.1) is 6.92 Å². The van der Waals surface area contributed by atoms with Crippen molar-refractivity contribution < 1.29 is 9.53 Å². The molecule has 0 spiro atoms. The summed E-state index contributed by atoms with van der Waals surface area (Å²) in [5.74, 6) is -0.251. The Morgan fingerprint density at radius 2 is 2.18 bits per heavy atom. The highest BCUT2D eigenvalue weighted by atomic mass is 16.6. The van der Waals surface area contributed by atoms with Crippen molar-refractivity contribution in [1.82, 2.24) is 0 Å². The highest BCUT2D eigenvalue weighted by Gasteiger charge is 2.19. The molecule has 0 N–H and O–H groups in total. The first kappa shape index (κ1) is 10.5. The molecule has 0 aliphatic heterocycles. The van der Waals surface area contributed by atoms with Crippen LogP contribution in [0.5, 0.6) is 0 Å². The van der Waals surface area contributed by atoms with Gasteiger partial charge in [0.2, 0.25) is 0 Å². The highest BCUT2D eigenvalue weighted by Crippen LogP contribution is 2.17. The summed E-state index contributed by atoms with van der Waals surface area (Å²) in [6, 6.07) is 0. The minimum Gasteiger partial charge on any atom is -0.460 e. The van der Waals surface area contributed by atoms with Gasteiger partial charge in [-0.05, 0) is 26.7 Å². The van der Waals surface area contributed by atoms with Crippen molar-refractivity contribution in [3.05, 3.63) is 6.92 Å². The van der Waals surface area contributed by atoms with Gasteiger partial charge in [0.25, 0.3) is 0 Å². The lowest BCUT2D eigenvalue weighted by Gasteiger charge is -2.23. The Bertz CT molecular complexity index is 128. The fourth-order valence-electron chi connectivity index (χ4n) is 0.949. The van der Waals surface area contributed by atoms with Crippen molar-refractivity contribution in [2.24, 2.45) is 0 Å². The first-order chi connectivity index (χ1) is 4.98. The predicted molar refractivity (Wildman–Crippen MR) is 45.1 cm³/mol. The molecule has 0 rings (SSSR count). The molecule has 11 heavy (non-hydrogen) atoms. The Kier molecular flexibility index (Phi) is 4.16. The van der Waals surface area contributed by atoms with Crippen LogP contribution in [0.25, 0.3) is 0 Å². The molecular weight excluding hydrogens is 140 g/mol. The minimum absolute atomic E-state index is 0.251. The third-order valence-electron chi connectivity index (χ3n) is 1.45. The van der Waals surface area contributed by atoms with E-state index in [4.69, 9.17) is 4.74 Å². The Morgan fingerprint density at radius 1 is 1.64 bits per heavy atom.